The van der Waals surface area contributed by atoms with Gasteiger partial charge in [0.15, 0.2) is 0 Å². The second kappa shape index (κ2) is 6.00. The largest absolute Gasteiger partial charge is 0.300 e. The van der Waals surface area contributed by atoms with E-state index in [9.17, 15) is 4.79 Å². The highest BCUT2D eigenvalue weighted by Crippen LogP contribution is 2.28. The third kappa shape index (κ3) is 4.59. The molecule has 0 atom stereocenters. The highest BCUT2D eigenvalue weighted by atomic mass is 16.1. The molecule has 1 rings (SSSR count). The summed E-state index contributed by atoms with van der Waals surface area (Å²) in [7, 11) is 0. The number of allylic oxidation sites excluding steroid dienone is 1. The second-order valence-electron chi connectivity index (χ2n) is 4.68. The topological polar surface area (TPSA) is 17.1 Å². The molecule has 0 amide bonds. The Balaban J connectivity index is 2.05. The maximum Gasteiger partial charge on any atom is 0.133 e. The van der Waals surface area contributed by atoms with E-state index >= 15 is 0 Å². The van der Waals surface area contributed by atoms with Crippen LogP contribution in [0.3, 0.4) is 0 Å². The number of ketones is 1. The Labute approximate surface area is 87.6 Å². The third-order valence-electron chi connectivity index (χ3n) is 3.14. The molecule has 1 aliphatic rings. The molecule has 0 heterocycles. The summed E-state index contributed by atoms with van der Waals surface area (Å²) in [6.45, 7) is 5.80. The predicted octanol–water partition coefficient (Wildman–Crippen LogP) is 3.88. The molecule has 1 aliphatic carbocycles. The molecular weight excluding hydrogens is 172 g/mol. The smallest absolute Gasteiger partial charge is 0.133 e. The fourth-order valence-corrected chi connectivity index (χ4v) is 2.14. The average Bonchev–Trinajstić information content (AvgIpc) is 2.63. The van der Waals surface area contributed by atoms with E-state index in [-0.39, 0.29) is 0 Å². The summed E-state index contributed by atoms with van der Waals surface area (Å²) in [6, 6.07) is 0. The average molecular weight is 194 g/mol. The molecule has 1 heteroatoms. The first-order valence-corrected chi connectivity index (χ1v) is 5.84. The van der Waals surface area contributed by atoms with E-state index in [0.29, 0.717) is 12.2 Å². The normalized spacial score (nSPS) is 17.2. The Hall–Kier alpha value is -0.590. The number of hydrogen-bond donors (Lipinski definition) is 0. The van der Waals surface area contributed by atoms with Crippen LogP contribution in [0.15, 0.2) is 12.2 Å². The lowest BCUT2D eigenvalue weighted by Crippen LogP contribution is -2.02. The Morgan fingerprint density at radius 1 is 1.21 bits per heavy atom. The first kappa shape index (κ1) is 11.5. The molecule has 80 valence electrons. The van der Waals surface area contributed by atoms with Crippen molar-refractivity contribution < 1.29 is 4.79 Å². The second-order valence-corrected chi connectivity index (χ2v) is 4.68. The molecule has 1 saturated carbocycles. The number of hydrogen-bond acceptors (Lipinski definition) is 1. The standard InChI is InChI=1S/C13H22O/c1-11(2)7-9-13(14)10-8-12-5-3-4-6-12/h12H,1,3-10H2,2H3. The molecule has 14 heavy (non-hydrogen) atoms. The molecule has 0 spiro atoms. The molecule has 1 fully saturated rings. The Morgan fingerprint density at radius 3 is 2.43 bits per heavy atom. The van der Waals surface area contributed by atoms with Gasteiger partial charge in [0.25, 0.3) is 0 Å². The van der Waals surface area contributed by atoms with Gasteiger partial charge >= 0.3 is 0 Å². The van der Waals surface area contributed by atoms with Crippen molar-refractivity contribution in [2.45, 2.75) is 58.3 Å². The van der Waals surface area contributed by atoms with Crippen LogP contribution < -0.4 is 0 Å². The van der Waals surface area contributed by atoms with Gasteiger partial charge in [-0.25, -0.2) is 0 Å². The van der Waals surface area contributed by atoms with E-state index in [0.717, 1.165) is 30.8 Å². The van der Waals surface area contributed by atoms with Crippen molar-refractivity contribution in [3.8, 4) is 0 Å². The van der Waals surface area contributed by atoms with Crippen molar-refractivity contribution in [2.75, 3.05) is 0 Å². The summed E-state index contributed by atoms with van der Waals surface area (Å²) in [5, 5.41) is 0. The molecule has 0 bridgehead atoms. The van der Waals surface area contributed by atoms with Gasteiger partial charge in [-0.1, -0.05) is 31.3 Å². The SMILES string of the molecule is C=C(C)CCC(=O)CCC1CCCC1. The minimum absolute atomic E-state index is 0.430. The van der Waals surface area contributed by atoms with Crippen molar-refractivity contribution in [1.82, 2.24) is 0 Å². The summed E-state index contributed by atoms with van der Waals surface area (Å²) in [5.41, 5.74) is 1.12. The van der Waals surface area contributed by atoms with Gasteiger partial charge < -0.3 is 0 Å². The van der Waals surface area contributed by atoms with Crippen molar-refractivity contribution in [2.24, 2.45) is 5.92 Å². The Bertz CT molecular complexity index is 199. The van der Waals surface area contributed by atoms with Crippen LogP contribution in [0.1, 0.15) is 58.3 Å². The van der Waals surface area contributed by atoms with Gasteiger partial charge in [0, 0.05) is 12.8 Å². The number of carbonyl (C=O) groups excluding carboxylic acids is 1. The first-order valence-electron chi connectivity index (χ1n) is 5.84. The van der Waals surface area contributed by atoms with E-state index in [4.69, 9.17) is 0 Å². The third-order valence-corrected chi connectivity index (χ3v) is 3.14. The Morgan fingerprint density at radius 2 is 1.86 bits per heavy atom. The van der Waals surface area contributed by atoms with Crippen LogP contribution in [0.5, 0.6) is 0 Å². The summed E-state index contributed by atoms with van der Waals surface area (Å²) in [4.78, 5) is 11.5. The van der Waals surface area contributed by atoms with Crippen molar-refractivity contribution in [1.29, 1.82) is 0 Å². The van der Waals surface area contributed by atoms with Crippen molar-refractivity contribution >= 4 is 5.78 Å². The number of Topliss-reactive ketones (excluding diaryl/α,β-unsaturated/α-hetero) is 1. The van der Waals surface area contributed by atoms with Crippen LogP contribution in [0, 0.1) is 5.92 Å². The molecule has 0 aliphatic heterocycles. The lowest BCUT2D eigenvalue weighted by atomic mass is 9.98. The predicted molar refractivity (Wildman–Crippen MR) is 60.2 cm³/mol. The summed E-state index contributed by atoms with van der Waals surface area (Å²) in [5.74, 6) is 1.28. The fraction of sp³-hybridized carbons (Fsp3) is 0.769. The van der Waals surface area contributed by atoms with Crippen molar-refractivity contribution in [3.63, 3.8) is 0 Å². The molecule has 0 unspecified atom stereocenters. The van der Waals surface area contributed by atoms with Gasteiger partial charge in [0.1, 0.15) is 5.78 Å². The molecule has 0 aromatic heterocycles. The zero-order chi connectivity index (χ0) is 10.4. The Kier molecular flexibility index (Phi) is 4.92. The number of rotatable bonds is 6. The van der Waals surface area contributed by atoms with Crippen molar-refractivity contribution in [3.05, 3.63) is 12.2 Å². The zero-order valence-electron chi connectivity index (χ0n) is 9.35. The highest BCUT2D eigenvalue weighted by molar-refractivity contribution is 5.78. The van der Waals surface area contributed by atoms with E-state index in [1.54, 1.807) is 0 Å². The van der Waals surface area contributed by atoms with Crippen LogP contribution >= 0.6 is 0 Å². The van der Waals surface area contributed by atoms with Gasteiger partial charge in [-0.05, 0) is 25.7 Å². The molecular formula is C13H22O. The van der Waals surface area contributed by atoms with Crippen LogP contribution in [0.2, 0.25) is 0 Å². The van der Waals surface area contributed by atoms with Gasteiger partial charge in [0.2, 0.25) is 0 Å². The molecule has 1 nitrogen and oxygen atoms in total. The first-order chi connectivity index (χ1) is 6.68. The summed E-state index contributed by atoms with van der Waals surface area (Å²) >= 11 is 0. The monoisotopic (exact) mass is 194 g/mol. The van der Waals surface area contributed by atoms with E-state index < -0.39 is 0 Å². The lowest BCUT2D eigenvalue weighted by molar-refractivity contribution is -0.119. The van der Waals surface area contributed by atoms with E-state index in [1.165, 1.54) is 25.7 Å². The molecule has 0 aromatic rings. The fourth-order valence-electron chi connectivity index (χ4n) is 2.14. The van der Waals surface area contributed by atoms with Crippen LogP contribution in [-0.4, -0.2) is 5.78 Å². The minimum atomic E-state index is 0.430. The van der Waals surface area contributed by atoms with Gasteiger partial charge in [-0.15, -0.1) is 6.58 Å². The lowest BCUT2D eigenvalue weighted by Gasteiger charge is -2.07. The molecule has 0 aromatic carbocycles. The number of carbonyl (C=O) groups is 1. The summed E-state index contributed by atoms with van der Waals surface area (Å²) in [6.07, 6.45) is 9.00. The maximum absolute atomic E-state index is 11.5. The zero-order valence-corrected chi connectivity index (χ0v) is 9.35. The van der Waals surface area contributed by atoms with Crippen LogP contribution in [-0.2, 0) is 4.79 Å². The van der Waals surface area contributed by atoms with Gasteiger partial charge in [-0.2, -0.15) is 0 Å². The quantitative estimate of drug-likeness (QED) is 0.586. The van der Waals surface area contributed by atoms with Gasteiger partial charge in [-0.3, -0.25) is 4.79 Å². The van der Waals surface area contributed by atoms with E-state index in [1.807, 2.05) is 6.92 Å². The maximum atomic E-state index is 11.5. The summed E-state index contributed by atoms with van der Waals surface area (Å²) < 4.78 is 0. The van der Waals surface area contributed by atoms with Gasteiger partial charge in [0.05, 0.1) is 0 Å². The minimum Gasteiger partial charge on any atom is -0.300 e. The molecule has 0 N–H and O–H groups in total. The van der Waals surface area contributed by atoms with Crippen LogP contribution in [0.4, 0.5) is 0 Å². The van der Waals surface area contributed by atoms with Crippen LogP contribution in [0.25, 0.3) is 0 Å². The van der Waals surface area contributed by atoms with E-state index in [2.05, 4.69) is 6.58 Å². The molecule has 0 saturated heterocycles. The molecule has 0 radical (unpaired) electrons. The highest BCUT2D eigenvalue weighted by Gasteiger charge is 2.15.